The van der Waals surface area contributed by atoms with E-state index in [0.717, 1.165) is 0 Å². The highest BCUT2D eigenvalue weighted by Crippen LogP contribution is 2.15. The molecule has 0 aliphatic rings. The number of hydrogen-bond donors (Lipinski definition) is 2. The van der Waals surface area contributed by atoms with E-state index >= 15 is 0 Å². The first-order valence-corrected chi connectivity index (χ1v) is 6.67. The molecule has 6 heteroatoms. The number of nitrogens with zero attached hydrogens (tertiary/aromatic N) is 1. The van der Waals surface area contributed by atoms with E-state index < -0.39 is 17.9 Å². The lowest BCUT2D eigenvalue weighted by Crippen LogP contribution is -2.39. The van der Waals surface area contributed by atoms with Gasteiger partial charge in [0, 0.05) is 12.2 Å². The molecule has 1 heterocycles. The lowest BCUT2D eigenvalue weighted by atomic mass is 10.1. The molecule has 0 saturated heterocycles. The summed E-state index contributed by atoms with van der Waals surface area (Å²) in [5.41, 5.74) is 1.33. The van der Waals surface area contributed by atoms with Crippen LogP contribution in [-0.2, 0) is 9.59 Å². The van der Waals surface area contributed by atoms with Gasteiger partial charge in [0.1, 0.15) is 11.6 Å². The van der Waals surface area contributed by atoms with E-state index in [4.69, 9.17) is 9.52 Å². The number of carboxylic acids is 1. The highest BCUT2D eigenvalue weighted by Gasteiger charge is 2.17. The van der Waals surface area contributed by atoms with Gasteiger partial charge in [-0.2, -0.15) is 0 Å². The number of nitrogens with one attached hydrogen (secondary N) is 1. The molecule has 21 heavy (non-hydrogen) atoms. The van der Waals surface area contributed by atoms with E-state index in [0.29, 0.717) is 29.8 Å². The molecule has 2 rings (SSSR count). The fourth-order valence-electron chi connectivity index (χ4n) is 1.87. The van der Waals surface area contributed by atoms with Crippen molar-refractivity contribution in [2.75, 3.05) is 0 Å². The summed E-state index contributed by atoms with van der Waals surface area (Å²) in [6.07, 6.45) is 3.69. The van der Waals surface area contributed by atoms with Crippen molar-refractivity contribution in [3.63, 3.8) is 0 Å². The quantitative estimate of drug-likeness (QED) is 0.795. The van der Waals surface area contributed by atoms with Crippen molar-refractivity contribution in [3.05, 3.63) is 36.2 Å². The Balaban J connectivity index is 2.02. The molecular formula is C15H16N2O4. The van der Waals surface area contributed by atoms with E-state index in [1.807, 2.05) is 19.1 Å². The summed E-state index contributed by atoms with van der Waals surface area (Å²) in [7, 11) is 0. The molecule has 0 radical (unpaired) electrons. The van der Waals surface area contributed by atoms with Gasteiger partial charge in [0.25, 0.3) is 0 Å². The molecule has 1 amide bonds. The maximum Gasteiger partial charge on any atom is 0.326 e. The second-order valence-electron chi connectivity index (χ2n) is 4.54. The Hall–Kier alpha value is -2.63. The van der Waals surface area contributed by atoms with Crippen molar-refractivity contribution >= 4 is 29.1 Å². The monoisotopic (exact) mass is 288 g/mol. The summed E-state index contributed by atoms with van der Waals surface area (Å²) in [6, 6.07) is 6.37. The number of aliphatic carboxylic acids is 1. The van der Waals surface area contributed by atoms with Crippen LogP contribution in [-0.4, -0.2) is 28.0 Å². The first kappa shape index (κ1) is 14.8. The van der Waals surface area contributed by atoms with Crippen molar-refractivity contribution in [2.24, 2.45) is 0 Å². The molecule has 0 aliphatic heterocycles. The first-order chi connectivity index (χ1) is 10.1. The number of para-hydroxylation sites is 2. The van der Waals surface area contributed by atoms with Crippen LogP contribution in [0.1, 0.15) is 25.7 Å². The third-order valence-electron chi connectivity index (χ3n) is 2.88. The Bertz CT molecular complexity index is 642. The van der Waals surface area contributed by atoms with Crippen LogP contribution in [0.25, 0.3) is 17.2 Å². The molecule has 0 unspecified atom stereocenters. The van der Waals surface area contributed by atoms with Gasteiger partial charge in [-0.05, 0) is 18.6 Å². The van der Waals surface area contributed by atoms with Crippen LogP contribution in [0, 0.1) is 0 Å². The SMILES string of the molecule is CCC[C@H](NC(=O)/C=C/c1nc2ccccc2o1)C(=O)O. The van der Waals surface area contributed by atoms with Gasteiger partial charge in [-0.3, -0.25) is 4.79 Å². The number of benzene rings is 1. The Morgan fingerprint density at radius 2 is 2.19 bits per heavy atom. The summed E-state index contributed by atoms with van der Waals surface area (Å²) in [5, 5.41) is 11.4. The smallest absolute Gasteiger partial charge is 0.326 e. The van der Waals surface area contributed by atoms with E-state index in [9.17, 15) is 9.59 Å². The molecule has 2 N–H and O–H groups in total. The topological polar surface area (TPSA) is 92.4 Å². The zero-order valence-corrected chi connectivity index (χ0v) is 11.6. The number of carbonyl (C=O) groups excluding carboxylic acids is 1. The lowest BCUT2D eigenvalue weighted by molar-refractivity contribution is -0.141. The molecule has 1 atom stereocenters. The van der Waals surface area contributed by atoms with Crippen molar-refractivity contribution in [3.8, 4) is 0 Å². The highest BCUT2D eigenvalue weighted by molar-refractivity contribution is 5.94. The minimum Gasteiger partial charge on any atom is -0.480 e. The van der Waals surface area contributed by atoms with Crippen LogP contribution >= 0.6 is 0 Å². The third kappa shape index (κ3) is 3.92. The van der Waals surface area contributed by atoms with E-state index in [-0.39, 0.29) is 0 Å². The Labute approximate surface area is 121 Å². The minimum absolute atomic E-state index is 0.300. The average molecular weight is 288 g/mol. The van der Waals surface area contributed by atoms with Gasteiger partial charge in [-0.1, -0.05) is 25.5 Å². The van der Waals surface area contributed by atoms with E-state index in [1.165, 1.54) is 12.2 Å². The van der Waals surface area contributed by atoms with Crippen molar-refractivity contribution in [2.45, 2.75) is 25.8 Å². The van der Waals surface area contributed by atoms with Crippen LogP contribution in [0.3, 0.4) is 0 Å². The van der Waals surface area contributed by atoms with Gasteiger partial charge in [0.2, 0.25) is 11.8 Å². The predicted molar refractivity (Wildman–Crippen MR) is 77.5 cm³/mol. The van der Waals surface area contributed by atoms with Crippen molar-refractivity contribution in [1.82, 2.24) is 10.3 Å². The summed E-state index contributed by atoms with van der Waals surface area (Å²) in [5.74, 6) is -1.23. The van der Waals surface area contributed by atoms with Crippen molar-refractivity contribution < 1.29 is 19.1 Å². The minimum atomic E-state index is -1.04. The number of amides is 1. The molecular weight excluding hydrogens is 272 g/mol. The van der Waals surface area contributed by atoms with Crippen LogP contribution in [0.15, 0.2) is 34.8 Å². The van der Waals surface area contributed by atoms with Gasteiger partial charge in [0.05, 0.1) is 0 Å². The zero-order valence-electron chi connectivity index (χ0n) is 11.6. The van der Waals surface area contributed by atoms with Crippen LogP contribution in [0.4, 0.5) is 0 Å². The number of carbonyl (C=O) groups is 2. The van der Waals surface area contributed by atoms with Crippen molar-refractivity contribution in [1.29, 1.82) is 0 Å². The summed E-state index contributed by atoms with van der Waals surface area (Å²) < 4.78 is 5.42. The summed E-state index contributed by atoms with van der Waals surface area (Å²) >= 11 is 0. The van der Waals surface area contributed by atoms with Gasteiger partial charge in [0.15, 0.2) is 5.58 Å². The maximum atomic E-state index is 11.7. The average Bonchev–Trinajstić information content (AvgIpc) is 2.87. The molecule has 1 aromatic carbocycles. The maximum absolute atomic E-state index is 11.7. The second-order valence-corrected chi connectivity index (χ2v) is 4.54. The molecule has 0 fully saturated rings. The van der Waals surface area contributed by atoms with Crippen LogP contribution in [0.2, 0.25) is 0 Å². The number of oxazole rings is 1. The fraction of sp³-hybridized carbons (Fsp3) is 0.267. The van der Waals surface area contributed by atoms with E-state index in [2.05, 4.69) is 10.3 Å². The first-order valence-electron chi connectivity index (χ1n) is 6.67. The Morgan fingerprint density at radius 1 is 1.43 bits per heavy atom. The molecule has 0 saturated carbocycles. The van der Waals surface area contributed by atoms with Crippen LogP contribution in [0.5, 0.6) is 0 Å². The second kappa shape index (κ2) is 6.69. The largest absolute Gasteiger partial charge is 0.480 e. The number of carboxylic acid groups (broad SMARTS) is 1. The lowest BCUT2D eigenvalue weighted by Gasteiger charge is -2.11. The molecule has 110 valence electrons. The third-order valence-corrected chi connectivity index (χ3v) is 2.88. The molecule has 6 nitrogen and oxygen atoms in total. The van der Waals surface area contributed by atoms with Gasteiger partial charge >= 0.3 is 5.97 Å². The highest BCUT2D eigenvalue weighted by atomic mass is 16.4. The standard InChI is InChI=1S/C15H16N2O4/c1-2-5-11(15(19)20)16-13(18)8-9-14-17-10-6-3-4-7-12(10)21-14/h3-4,6-9,11H,2,5H2,1H3,(H,16,18)(H,19,20)/b9-8+/t11-/m0/s1. The number of aromatic nitrogens is 1. The fourth-order valence-corrected chi connectivity index (χ4v) is 1.87. The Morgan fingerprint density at radius 3 is 2.86 bits per heavy atom. The van der Waals surface area contributed by atoms with Crippen LogP contribution < -0.4 is 5.32 Å². The van der Waals surface area contributed by atoms with E-state index in [1.54, 1.807) is 12.1 Å². The summed E-state index contributed by atoms with van der Waals surface area (Å²) in [6.45, 7) is 1.86. The number of rotatable bonds is 6. The zero-order chi connectivity index (χ0) is 15.2. The van der Waals surface area contributed by atoms with Gasteiger partial charge in [-0.25, -0.2) is 9.78 Å². The van der Waals surface area contributed by atoms with Gasteiger partial charge in [-0.15, -0.1) is 0 Å². The molecule has 0 aliphatic carbocycles. The summed E-state index contributed by atoms with van der Waals surface area (Å²) in [4.78, 5) is 26.8. The molecule has 0 bridgehead atoms. The Kier molecular flexibility index (Phi) is 4.71. The predicted octanol–water partition coefficient (Wildman–Crippen LogP) is 2.21. The molecule has 1 aromatic heterocycles. The number of fused-ring (bicyclic) bond motifs is 1. The van der Waals surface area contributed by atoms with Gasteiger partial charge < -0.3 is 14.8 Å². The molecule has 2 aromatic rings. The molecule has 0 spiro atoms. The normalized spacial score (nSPS) is 12.6. The number of hydrogen-bond acceptors (Lipinski definition) is 4.